The molecular formula is C20H23N3O4. The Morgan fingerprint density at radius 1 is 1.00 bits per heavy atom. The molecule has 0 saturated carbocycles. The number of urea groups is 1. The van der Waals surface area contributed by atoms with Gasteiger partial charge < -0.3 is 25.0 Å². The zero-order valence-electron chi connectivity index (χ0n) is 15.7. The van der Waals surface area contributed by atoms with Crippen LogP contribution in [-0.4, -0.2) is 32.7 Å². The molecule has 0 saturated heterocycles. The van der Waals surface area contributed by atoms with Crippen LogP contribution in [0.3, 0.4) is 0 Å². The molecule has 1 heterocycles. The molecule has 0 fully saturated rings. The largest absolute Gasteiger partial charge is 0.493 e. The number of aryl methyl sites for hydroxylation is 1. The average Bonchev–Trinajstić information content (AvgIpc) is 2.67. The lowest BCUT2D eigenvalue weighted by atomic mass is 10.0. The predicted octanol–water partition coefficient (Wildman–Crippen LogP) is 3.65. The molecule has 0 radical (unpaired) electrons. The normalized spacial score (nSPS) is 13.0. The van der Waals surface area contributed by atoms with Gasteiger partial charge >= 0.3 is 6.03 Å². The Balaban J connectivity index is 1.71. The fourth-order valence-corrected chi connectivity index (χ4v) is 3.19. The summed E-state index contributed by atoms with van der Waals surface area (Å²) in [7, 11) is 3.10. The number of carbonyl (C=O) groups excluding carboxylic acids is 2. The number of nitrogens with zero attached hydrogens (tertiary/aromatic N) is 1. The van der Waals surface area contributed by atoms with Crippen LogP contribution in [0.1, 0.15) is 18.9 Å². The van der Waals surface area contributed by atoms with Gasteiger partial charge in [0.15, 0.2) is 11.5 Å². The number of methoxy groups -OCH3 is 2. The predicted molar refractivity (Wildman–Crippen MR) is 105 cm³/mol. The number of nitrogens with one attached hydrogen (secondary N) is 2. The molecule has 2 aromatic carbocycles. The molecule has 0 aliphatic carbocycles. The van der Waals surface area contributed by atoms with Crippen LogP contribution in [0.15, 0.2) is 36.4 Å². The minimum atomic E-state index is -0.360. The van der Waals surface area contributed by atoms with Crippen molar-refractivity contribution in [1.29, 1.82) is 0 Å². The minimum absolute atomic E-state index is 0.136. The Kier molecular flexibility index (Phi) is 5.49. The molecular weight excluding hydrogens is 346 g/mol. The van der Waals surface area contributed by atoms with Crippen LogP contribution in [0.2, 0.25) is 0 Å². The summed E-state index contributed by atoms with van der Waals surface area (Å²) >= 11 is 0. The molecule has 27 heavy (non-hydrogen) atoms. The molecule has 2 aromatic rings. The summed E-state index contributed by atoms with van der Waals surface area (Å²) in [5.74, 6) is 1.26. The van der Waals surface area contributed by atoms with Crippen LogP contribution in [0, 0.1) is 0 Å². The van der Waals surface area contributed by atoms with Gasteiger partial charge in [-0.3, -0.25) is 4.79 Å². The van der Waals surface area contributed by atoms with Gasteiger partial charge in [0.1, 0.15) is 0 Å². The van der Waals surface area contributed by atoms with Crippen molar-refractivity contribution < 1.29 is 19.1 Å². The Hall–Kier alpha value is -3.22. The molecule has 3 amide bonds. The van der Waals surface area contributed by atoms with E-state index in [9.17, 15) is 9.59 Å². The zero-order chi connectivity index (χ0) is 19.4. The first-order valence-electron chi connectivity index (χ1n) is 8.79. The lowest BCUT2D eigenvalue weighted by Gasteiger charge is -2.28. The summed E-state index contributed by atoms with van der Waals surface area (Å²) in [4.78, 5) is 26.1. The molecule has 0 atom stereocenters. The summed E-state index contributed by atoms with van der Waals surface area (Å²) in [6, 6.07) is 10.4. The van der Waals surface area contributed by atoms with Gasteiger partial charge in [0.25, 0.3) is 0 Å². The third kappa shape index (κ3) is 3.97. The molecule has 2 N–H and O–H groups in total. The Bertz CT molecular complexity index is 866. The van der Waals surface area contributed by atoms with E-state index in [2.05, 4.69) is 10.6 Å². The third-order valence-electron chi connectivity index (χ3n) is 4.50. The van der Waals surface area contributed by atoms with Crippen LogP contribution in [0.25, 0.3) is 0 Å². The highest BCUT2D eigenvalue weighted by Crippen LogP contribution is 2.31. The highest BCUT2D eigenvalue weighted by molar-refractivity contribution is 6.01. The second-order valence-corrected chi connectivity index (χ2v) is 6.13. The molecule has 0 spiro atoms. The van der Waals surface area contributed by atoms with Crippen molar-refractivity contribution in [2.75, 3.05) is 36.3 Å². The van der Waals surface area contributed by atoms with Crippen LogP contribution in [0.4, 0.5) is 21.9 Å². The average molecular weight is 369 g/mol. The highest BCUT2D eigenvalue weighted by atomic mass is 16.5. The van der Waals surface area contributed by atoms with Crippen LogP contribution >= 0.6 is 0 Å². The number of anilines is 3. The molecule has 142 valence electrons. The maximum atomic E-state index is 12.3. The number of hydrogen-bond donors (Lipinski definition) is 2. The van der Waals surface area contributed by atoms with Crippen molar-refractivity contribution in [3.8, 4) is 11.5 Å². The number of ether oxygens (including phenoxy) is 2. The number of carbonyl (C=O) groups is 2. The van der Waals surface area contributed by atoms with Crippen molar-refractivity contribution in [2.24, 2.45) is 0 Å². The van der Waals surface area contributed by atoms with Crippen LogP contribution in [0.5, 0.6) is 11.5 Å². The van der Waals surface area contributed by atoms with E-state index in [1.165, 1.54) is 0 Å². The van der Waals surface area contributed by atoms with Crippen molar-refractivity contribution in [1.82, 2.24) is 0 Å². The van der Waals surface area contributed by atoms with Gasteiger partial charge in [-0.25, -0.2) is 4.79 Å². The molecule has 1 aliphatic heterocycles. The van der Waals surface area contributed by atoms with E-state index in [1.54, 1.807) is 43.4 Å². The van der Waals surface area contributed by atoms with Gasteiger partial charge in [-0.05, 0) is 49.2 Å². The number of hydrogen-bond acceptors (Lipinski definition) is 4. The van der Waals surface area contributed by atoms with E-state index >= 15 is 0 Å². The summed E-state index contributed by atoms with van der Waals surface area (Å²) in [5, 5.41) is 5.60. The minimum Gasteiger partial charge on any atom is -0.493 e. The quantitative estimate of drug-likeness (QED) is 0.843. The van der Waals surface area contributed by atoms with Gasteiger partial charge in [-0.1, -0.05) is 0 Å². The van der Waals surface area contributed by atoms with Gasteiger partial charge in [0.2, 0.25) is 5.91 Å². The molecule has 0 bridgehead atoms. The number of amides is 3. The van der Waals surface area contributed by atoms with Gasteiger partial charge in [0, 0.05) is 36.1 Å². The van der Waals surface area contributed by atoms with Gasteiger partial charge in [-0.15, -0.1) is 0 Å². The smallest absolute Gasteiger partial charge is 0.323 e. The van der Waals surface area contributed by atoms with E-state index in [4.69, 9.17) is 9.47 Å². The third-order valence-corrected chi connectivity index (χ3v) is 4.50. The topological polar surface area (TPSA) is 79.9 Å². The first-order valence-corrected chi connectivity index (χ1v) is 8.79. The lowest BCUT2D eigenvalue weighted by molar-refractivity contribution is -0.118. The first kappa shape index (κ1) is 18.6. The summed E-state index contributed by atoms with van der Waals surface area (Å²) in [6.45, 7) is 2.59. The van der Waals surface area contributed by atoms with Crippen molar-refractivity contribution in [3.63, 3.8) is 0 Å². The number of rotatable bonds is 5. The molecule has 0 unspecified atom stereocenters. The monoisotopic (exact) mass is 369 g/mol. The maximum absolute atomic E-state index is 12.3. The first-order chi connectivity index (χ1) is 13.0. The highest BCUT2D eigenvalue weighted by Gasteiger charge is 2.23. The van der Waals surface area contributed by atoms with Crippen molar-refractivity contribution in [3.05, 3.63) is 42.0 Å². The van der Waals surface area contributed by atoms with E-state index in [1.807, 2.05) is 19.1 Å². The van der Waals surface area contributed by atoms with E-state index in [0.717, 1.165) is 11.3 Å². The fraction of sp³-hybridized carbons (Fsp3) is 0.300. The van der Waals surface area contributed by atoms with E-state index < -0.39 is 0 Å². The maximum Gasteiger partial charge on any atom is 0.323 e. The molecule has 0 aromatic heterocycles. The van der Waals surface area contributed by atoms with Crippen molar-refractivity contribution >= 4 is 29.0 Å². The summed E-state index contributed by atoms with van der Waals surface area (Å²) in [6.07, 6.45) is 1.17. The fourth-order valence-electron chi connectivity index (χ4n) is 3.19. The van der Waals surface area contributed by atoms with Gasteiger partial charge in [0.05, 0.1) is 14.2 Å². The van der Waals surface area contributed by atoms with E-state index in [0.29, 0.717) is 42.3 Å². The molecule has 1 aliphatic rings. The molecule has 3 rings (SSSR count). The SMILES string of the molecule is CCN1C(=O)CCc2cc(NC(=O)Nc3ccc(OC)c(OC)c3)ccc21. The standard InChI is InChI=1S/C20H23N3O4/c1-4-23-16-8-6-14(11-13(16)5-10-19(23)24)21-20(25)22-15-7-9-17(26-2)18(12-15)27-3/h6-9,11-12H,4-5,10H2,1-3H3,(H2,21,22,25). The Labute approximate surface area is 158 Å². The second kappa shape index (κ2) is 7.99. The van der Waals surface area contributed by atoms with Crippen LogP contribution in [-0.2, 0) is 11.2 Å². The number of fused-ring (bicyclic) bond motifs is 1. The van der Waals surface area contributed by atoms with Gasteiger partial charge in [-0.2, -0.15) is 0 Å². The molecule has 7 nitrogen and oxygen atoms in total. The second-order valence-electron chi connectivity index (χ2n) is 6.13. The van der Waals surface area contributed by atoms with E-state index in [-0.39, 0.29) is 11.9 Å². The summed E-state index contributed by atoms with van der Waals surface area (Å²) in [5.41, 5.74) is 3.24. The van der Waals surface area contributed by atoms with Crippen LogP contribution < -0.4 is 25.0 Å². The summed E-state index contributed by atoms with van der Waals surface area (Å²) < 4.78 is 10.4. The zero-order valence-corrected chi connectivity index (χ0v) is 15.7. The Morgan fingerprint density at radius 3 is 2.33 bits per heavy atom. The Morgan fingerprint density at radius 2 is 1.67 bits per heavy atom. The number of benzene rings is 2. The molecule has 7 heteroatoms. The van der Waals surface area contributed by atoms with Crippen molar-refractivity contribution in [2.45, 2.75) is 19.8 Å². The lowest BCUT2D eigenvalue weighted by Crippen LogP contribution is -2.34.